The van der Waals surface area contributed by atoms with Gasteiger partial charge in [0, 0.05) is 6.20 Å². The van der Waals surface area contributed by atoms with Crippen LogP contribution in [0.4, 0.5) is 0 Å². The van der Waals surface area contributed by atoms with Crippen molar-refractivity contribution in [3.8, 4) is 17.3 Å². The van der Waals surface area contributed by atoms with Crippen LogP contribution in [-0.2, 0) is 6.42 Å². The summed E-state index contributed by atoms with van der Waals surface area (Å²) in [6, 6.07) is 11.3. The van der Waals surface area contributed by atoms with E-state index in [9.17, 15) is 4.79 Å². The molecule has 4 rings (SSSR count). The van der Waals surface area contributed by atoms with E-state index in [-0.39, 0.29) is 5.43 Å². The van der Waals surface area contributed by atoms with Crippen LogP contribution in [0.5, 0.6) is 11.6 Å². The van der Waals surface area contributed by atoms with Crippen molar-refractivity contribution in [2.45, 2.75) is 12.8 Å². The summed E-state index contributed by atoms with van der Waals surface area (Å²) < 4.78 is 13.0. The van der Waals surface area contributed by atoms with Crippen LogP contribution in [0.2, 0.25) is 0 Å². The quantitative estimate of drug-likeness (QED) is 0.730. The first-order valence-electron chi connectivity index (χ1n) is 7.59. The predicted octanol–water partition coefficient (Wildman–Crippen LogP) is 2.72. The van der Waals surface area contributed by atoms with Crippen LogP contribution in [0.25, 0.3) is 16.7 Å². The Hall–Kier alpha value is -2.82. The normalized spacial score (nSPS) is 13.4. The minimum absolute atomic E-state index is 0.0209. The van der Waals surface area contributed by atoms with E-state index in [0.717, 1.165) is 29.8 Å². The second kappa shape index (κ2) is 5.43. The highest BCUT2D eigenvalue weighted by Gasteiger charge is 2.22. The summed E-state index contributed by atoms with van der Waals surface area (Å²) in [5.74, 6) is 1.39. The molecule has 0 radical (unpaired) electrons. The van der Waals surface area contributed by atoms with Gasteiger partial charge in [-0.2, -0.15) is 0 Å². The maximum atomic E-state index is 12.7. The SMILES string of the molecule is COc1ccc(-n2c3c(c(=O)c4cccnc42)CCCO3)cc1. The topological polar surface area (TPSA) is 53.4 Å². The van der Waals surface area contributed by atoms with Crippen LogP contribution in [-0.4, -0.2) is 23.3 Å². The van der Waals surface area contributed by atoms with Crippen molar-refractivity contribution in [1.29, 1.82) is 0 Å². The minimum Gasteiger partial charge on any atom is -0.497 e. The molecule has 1 aliphatic rings. The third-order valence-electron chi connectivity index (χ3n) is 4.12. The van der Waals surface area contributed by atoms with Crippen LogP contribution in [0.3, 0.4) is 0 Å². The molecule has 3 aromatic rings. The van der Waals surface area contributed by atoms with E-state index in [1.807, 2.05) is 34.9 Å². The van der Waals surface area contributed by atoms with Crippen LogP contribution < -0.4 is 14.9 Å². The lowest BCUT2D eigenvalue weighted by Crippen LogP contribution is -2.23. The van der Waals surface area contributed by atoms with Gasteiger partial charge in [0.2, 0.25) is 5.88 Å². The fourth-order valence-corrected chi connectivity index (χ4v) is 3.00. The Morgan fingerprint density at radius 2 is 2.04 bits per heavy atom. The van der Waals surface area contributed by atoms with Crippen molar-refractivity contribution in [2.75, 3.05) is 13.7 Å². The number of benzene rings is 1. The monoisotopic (exact) mass is 308 g/mol. The Morgan fingerprint density at radius 3 is 2.83 bits per heavy atom. The summed E-state index contributed by atoms with van der Waals surface area (Å²) in [4.78, 5) is 17.1. The van der Waals surface area contributed by atoms with Gasteiger partial charge in [0.1, 0.15) is 5.75 Å². The van der Waals surface area contributed by atoms with Crippen LogP contribution in [0.15, 0.2) is 47.4 Å². The van der Waals surface area contributed by atoms with Crippen molar-refractivity contribution < 1.29 is 9.47 Å². The second-order valence-corrected chi connectivity index (χ2v) is 5.47. The first-order valence-corrected chi connectivity index (χ1v) is 7.59. The van der Waals surface area contributed by atoms with Crippen molar-refractivity contribution in [3.05, 3.63) is 58.4 Å². The molecular weight excluding hydrogens is 292 g/mol. The van der Waals surface area contributed by atoms with E-state index in [0.29, 0.717) is 23.5 Å². The van der Waals surface area contributed by atoms with Gasteiger partial charge in [-0.15, -0.1) is 0 Å². The second-order valence-electron chi connectivity index (χ2n) is 5.47. The first-order chi connectivity index (χ1) is 11.3. The van der Waals surface area contributed by atoms with Crippen LogP contribution in [0.1, 0.15) is 12.0 Å². The lowest BCUT2D eigenvalue weighted by Gasteiger charge is -2.23. The molecular formula is C18H16N2O3. The molecule has 0 atom stereocenters. The average Bonchev–Trinajstić information content (AvgIpc) is 2.63. The number of ether oxygens (including phenoxy) is 2. The molecule has 0 saturated heterocycles. The number of rotatable bonds is 2. The van der Waals surface area contributed by atoms with Gasteiger partial charge in [0.15, 0.2) is 11.1 Å². The molecule has 0 aliphatic carbocycles. The van der Waals surface area contributed by atoms with Crippen molar-refractivity contribution >= 4 is 11.0 Å². The Balaban J connectivity index is 2.07. The van der Waals surface area contributed by atoms with Crippen molar-refractivity contribution in [2.24, 2.45) is 0 Å². The molecule has 0 amide bonds. The molecule has 2 aromatic heterocycles. The van der Waals surface area contributed by atoms with Crippen molar-refractivity contribution in [1.82, 2.24) is 9.55 Å². The number of hydrogen-bond donors (Lipinski definition) is 0. The predicted molar refractivity (Wildman–Crippen MR) is 87.7 cm³/mol. The van der Waals surface area contributed by atoms with Gasteiger partial charge < -0.3 is 9.47 Å². The number of aromatic nitrogens is 2. The number of methoxy groups -OCH3 is 1. The summed E-state index contributed by atoms with van der Waals surface area (Å²) >= 11 is 0. The fourth-order valence-electron chi connectivity index (χ4n) is 3.00. The highest BCUT2D eigenvalue weighted by atomic mass is 16.5. The molecule has 5 nitrogen and oxygen atoms in total. The maximum absolute atomic E-state index is 12.7. The molecule has 23 heavy (non-hydrogen) atoms. The van der Waals surface area contributed by atoms with Crippen LogP contribution >= 0.6 is 0 Å². The largest absolute Gasteiger partial charge is 0.497 e. The molecule has 0 unspecified atom stereocenters. The Bertz CT molecular complexity index is 929. The maximum Gasteiger partial charge on any atom is 0.207 e. The van der Waals surface area contributed by atoms with Gasteiger partial charge >= 0.3 is 0 Å². The van der Waals surface area contributed by atoms with Gasteiger partial charge in [0.25, 0.3) is 0 Å². The molecule has 0 saturated carbocycles. The van der Waals surface area contributed by atoms with E-state index in [1.165, 1.54) is 0 Å². The van der Waals surface area contributed by atoms with Crippen molar-refractivity contribution in [3.63, 3.8) is 0 Å². The molecule has 1 aliphatic heterocycles. The molecule has 1 aromatic carbocycles. The lowest BCUT2D eigenvalue weighted by atomic mass is 10.1. The molecule has 0 fully saturated rings. The summed E-state index contributed by atoms with van der Waals surface area (Å²) in [5, 5.41) is 0.618. The van der Waals surface area contributed by atoms with Gasteiger partial charge in [-0.1, -0.05) is 0 Å². The molecule has 0 N–H and O–H groups in total. The Labute approximate surface area is 133 Å². The molecule has 0 bridgehead atoms. The Morgan fingerprint density at radius 1 is 1.22 bits per heavy atom. The zero-order valence-electron chi connectivity index (χ0n) is 12.8. The molecule has 116 valence electrons. The molecule has 0 spiro atoms. The lowest BCUT2D eigenvalue weighted by molar-refractivity contribution is 0.270. The zero-order chi connectivity index (χ0) is 15.8. The molecule has 5 heteroatoms. The summed E-state index contributed by atoms with van der Waals surface area (Å²) in [7, 11) is 1.64. The number of hydrogen-bond acceptors (Lipinski definition) is 4. The van der Waals surface area contributed by atoms with E-state index < -0.39 is 0 Å². The van der Waals surface area contributed by atoms with E-state index in [4.69, 9.17) is 9.47 Å². The average molecular weight is 308 g/mol. The number of nitrogens with zero attached hydrogens (tertiary/aromatic N) is 2. The minimum atomic E-state index is 0.0209. The smallest absolute Gasteiger partial charge is 0.207 e. The fraction of sp³-hybridized carbons (Fsp3) is 0.222. The third kappa shape index (κ3) is 2.16. The highest BCUT2D eigenvalue weighted by molar-refractivity contribution is 5.79. The summed E-state index contributed by atoms with van der Waals surface area (Å²) in [5.41, 5.74) is 2.26. The van der Waals surface area contributed by atoms with Gasteiger partial charge in [0.05, 0.1) is 30.4 Å². The summed E-state index contributed by atoms with van der Waals surface area (Å²) in [6.07, 6.45) is 3.28. The molecule has 3 heterocycles. The Kier molecular flexibility index (Phi) is 3.26. The third-order valence-corrected chi connectivity index (χ3v) is 4.12. The van der Waals surface area contributed by atoms with Crippen LogP contribution in [0, 0.1) is 0 Å². The van der Waals surface area contributed by atoms with E-state index in [1.54, 1.807) is 19.4 Å². The number of pyridine rings is 2. The van der Waals surface area contributed by atoms with Gasteiger partial charge in [-0.05, 0) is 49.2 Å². The van der Waals surface area contributed by atoms with Gasteiger partial charge in [-0.25, -0.2) is 4.98 Å². The highest BCUT2D eigenvalue weighted by Crippen LogP contribution is 2.30. The summed E-state index contributed by atoms with van der Waals surface area (Å²) in [6.45, 7) is 0.612. The first kappa shape index (κ1) is 13.8. The van der Waals surface area contributed by atoms with E-state index >= 15 is 0 Å². The zero-order valence-corrected chi connectivity index (χ0v) is 12.8. The van der Waals surface area contributed by atoms with E-state index in [2.05, 4.69) is 4.98 Å². The standard InChI is InChI=1S/C18H16N2O3/c1-22-13-8-6-12(7-9-13)20-17-14(4-2-10-19-17)16(21)15-5-3-11-23-18(15)20/h2,4,6-10H,3,5,11H2,1H3. The number of fused-ring (bicyclic) bond motifs is 2. The van der Waals surface area contributed by atoms with Gasteiger partial charge in [-0.3, -0.25) is 9.36 Å².